The molecule has 20 heavy (non-hydrogen) atoms. The number of hydrogen-bond donors (Lipinski definition) is 1. The van der Waals surface area contributed by atoms with Crippen LogP contribution in [-0.2, 0) is 16.8 Å². The lowest BCUT2D eigenvalue weighted by Gasteiger charge is -2.25. The summed E-state index contributed by atoms with van der Waals surface area (Å²) in [6.07, 6.45) is 0. The molecule has 0 spiro atoms. The lowest BCUT2D eigenvalue weighted by Crippen LogP contribution is -2.41. The van der Waals surface area contributed by atoms with Crippen molar-refractivity contribution in [2.24, 2.45) is 0 Å². The van der Waals surface area contributed by atoms with Gasteiger partial charge in [-0.3, -0.25) is 0 Å². The first-order valence-corrected chi connectivity index (χ1v) is 7.76. The molecule has 7 heteroatoms. The maximum Gasteiger partial charge on any atom is 0.335 e. The fourth-order valence-electron chi connectivity index (χ4n) is 1.84. The SMILES string of the molecule is CCN(CC)S(=O)(=O)N(C)Cc1ccc(C(=O)O)cc1. The highest BCUT2D eigenvalue weighted by molar-refractivity contribution is 7.86. The number of hydrogen-bond acceptors (Lipinski definition) is 3. The molecule has 0 amide bonds. The zero-order valence-corrected chi connectivity index (χ0v) is 12.7. The van der Waals surface area contributed by atoms with Crippen LogP contribution >= 0.6 is 0 Å². The summed E-state index contributed by atoms with van der Waals surface area (Å²) in [5, 5.41) is 8.81. The third-order valence-corrected chi connectivity index (χ3v) is 5.12. The van der Waals surface area contributed by atoms with E-state index in [4.69, 9.17) is 5.11 Å². The summed E-state index contributed by atoms with van der Waals surface area (Å²) in [4.78, 5) is 10.7. The van der Waals surface area contributed by atoms with E-state index in [1.165, 1.54) is 27.8 Å². The molecule has 0 saturated heterocycles. The van der Waals surface area contributed by atoms with E-state index >= 15 is 0 Å². The average molecular weight is 300 g/mol. The molecule has 0 unspecified atom stereocenters. The van der Waals surface area contributed by atoms with Gasteiger partial charge in [0.15, 0.2) is 0 Å². The van der Waals surface area contributed by atoms with E-state index in [2.05, 4.69) is 0 Å². The fraction of sp³-hybridized carbons (Fsp3) is 0.462. The van der Waals surface area contributed by atoms with Crippen molar-refractivity contribution in [1.82, 2.24) is 8.61 Å². The molecule has 1 rings (SSSR count). The number of benzene rings is 1. The van der Waals surface area contributed by atoms with Crippen molar-refractivity contribution in [3.05, 3.63) is 35.4 Å². The van der Waals surface area contributed by atoms with E-state index in [9.17, 15) is 13.2 Å². The molecule has 0 aliphatic carbocycles. The Morgan fingerprint density at radius 1 is 1.15 bits per heavy atom. The van der Waals surface area contributed by atoms with E-state index < -0.39 is 16.2 Å². The van der Waals surface area contributed by atoms with Crippen LogP contribution in [-0.4, -0.2) is 48.2 Å². The summed E-state index contributed by atoms with van der Waals surface area (Å²) < 4.78 is 27.1. The van der Waals surface area contributed by atoms with Gasteiger partial charge in [-0.15, -0.1) is 0 Å². The monoisotopic (exact) mass is 300 g/mol. The first-order chi connectivity index (χ1) is 9.32. The molecule has 0 bridgehead atoms. The topological polar surface area (TPSA) is 77.9 Å². The number of carbonyl (C=O) groups is 1. The maximum atomic E-state index is 12.2. The third kappa shape index (κ3) is 3.78. The van der Waals surface area contributed by atoms with Crippen LogP contribution < -0.4 is 0 Å². The number of aromatic carboxylic acids is 1. The second-order valence-electron chi connectivity index (χ2n) is 4.35. The highest BCUT2D eigenvalue weighted by atomic mass is 32.2. The minimum absolute atomic E-state index is 0.183. The van der Waals surface area contributed by atoms with Gasteiger partial charge in [0.25, 0.3) is 10.2 Å². The summed E-state index contributed by atoms with van der Waals surface area (Å²) in [6, 6.07) is 6.18. The smallest absolute Gasteiger partial charge is 0.335 e. The van der Waals surface area contributed by atoms with Gasteiger partial charge in [0.2, 0.25) is 0 Å². The predicted octanol–water partition coefficient (Wildman–Crippen LogP) is 1.40. The van der Waals surface area contributed by atoms with Crippen LogP contribution in [0, 0.1) is 0 Å². The number of nitrogens with zero attached hydrogens (tertiary/aromatic N) is 2. The number of carboxylic acids is 1. The minimum atomic E-state index is -3.48. The molecule has 0 aromatic heterocycles. The first-order valence-electron chi connectivity index (χ1n) is 6.36. The molecule has 0 atom stereocenters. The molecule has 0 aliphatic rings. The zero-order valence-electron chi connectivity index (χ0n) is 11.9. The Kier molecular flexibility index (Phi) is 5.67. The molecule has 0 fully saturated rings. The van der Waals surface area contributed by atoms with E-state index in [1.807, 2.05) is 0 Å². The Hall–Kier alpha value is -1.44. The molecular formula is C13H20N2O4S. The van der Waals surface area contributed by atoms with Crippen LogP contribution in [0.1, 0.15) is 29.8 Å². The summed E-state index contributed by atoms with van der Waals surface area (Å²) in [5.41, 5.74) is 0.927. The molecule has 0 heterocycles. The van der Waals surface area contributed by atoms with Gasteiger partial charge in [-0.2, -0.15) is 17.0 Å². The van der Waals surface area contributed by atoms with Crippen LogP contribution in [0.4, 0.5) is 0 Å². The molecule has 0 saturated carbocycles. The Morgan fingerprint density at radius 2 is 1.65 bits per heavy atom. The summed E-state index contributed by atoms with van der Waals surface area (Å²) in [5.74, 6) is -0.999. The fourth-order valence-corrected chi connectivity index (χ4v) is 3.20. The molecule has 1 N–H and O–H groups in total. The Balaban J connectivity index is 2.84. The second-order valence-corrected chi connectivity index (χ2v) is 6.39. The molecule has 1 aromatic rings. The van der Waals surface area contributed by atoms with E-state index in [1.54, 1.807) is 26.0 Å². The highest BCUT2D eigenvalue weighted by Crippen LogP contribution is 2.12. The number of carboxylic acid groups (broad SMARTS) is 1. The highest BCUT2D eigenvalue weighted by Gasteiger charge is 2.24. The van der Waals surface area contributed by atoms with Gasteiger partial charge in [0.1, 0.15) is 0 Å². The van der Waals surface area contributed by atoms with Crippen LogP contribution in [0.5, 0.6) is 0 Å². The van der Waals surface area contributed by atoms with Gasteiger partial charge in [-0.25, -0.2) is 4.79 Å². The Labute approximate surface area is 119 Å². The van der Waals surface area contributed by atoms with Gasteiger partial charge in [-0.05, 0) is 17.7 Å². The summed E-state index contributed by atoms with van der Waals surface area (Å²) >= 11 is 0. The quantitative estimate of drug-likeness (QED) is 0.825. The lowest BCUT2D eigenvalue weighted by atomic mass is 10.1. The largest absolute Gasteiger partial charge is 0.478 e. The van der Waals surface area contributed by atoms with Gasteiger partial charge in [-0.1, -0.05) is 26.0 Å². The molecule has 0 aliphatic heterocycles. The van der Waals surface area contributed by atoms with Gasteiger partial charge in [0.05, 0.1) is 5.56 Å². The standard InChI is InChI=1S/C13H20N2O4S/c1-4-15(5-2)20(18,19)14(3)10-11-6-8-12(9-7-11)13(16)17/h6-9H,4-5,10H2,1-3H3,(H,16,17). The number of rotatable bonds is 7. The first kappa shape index (κ1) is 16.6. The Morgan fingerprint density at radius 3 is 2.05 bits per heavy atom. The third-order valence-electron chi connectivity index (χ3n) is 3.03. The van der Waals surface area contributed by atoms with Crippen LogP contribution in [0.2, 0.25) is 0 Å². The maximum absolute atomic E-state index is 12.2. The minimum Gasteiger partial charge on any atom is -0.478 e. The van der Waals surface area contributed by atoms with Crippen LogP contribution in [0.3, 0.4) is 0 Å². The van der Waals surface area contributed by atoms with Crippen molar-refractivity contribution >= 4 is 16.2 Å². The molecular weight excluding hydrogens is 280 g/mol. The van der Waals surface area contributed by atoms with Gasteiger partial charge < -0.3 is 5.11 Å². The van der Waals surface area contributed by atoms with Crippen molar-refractivity contribution < 1.29 is 18.3 Å². The summed E-state index contributed by atoms with van der Waals surface area (Å²) in [7, 11) is -1.96. The van der Waals surface area contributed by atoms with Gasteiger partial charge >= 0.3 is 5.97 Å². The van der Waals surface area contributed by atoms with E-state index in [-0.39, 0.29) is 12.1 Å². The van der Waals surface area contributed by atoms with Crippen molar-refractivity contribution in [3.63, 3.8) is 0 Å². The molecule has 0 radical (unpaired) electrons. The molecule has 6 nitrogen and oxygen atoms in total. The van der Waals surface area contributed by atoms with E-state index in [0.29, 0.717) is 13.1 Å². The predicted molar refractivity (Wildman–Crippen MR) is 76.7 cm³/mol. The zero-order chi connectivity index (χ0) is 15.3. The van der Waals surface area contributed by atoms with E-state index in [0.717, 1.165) is 5.56 Å². The average Bonchev–Trinajstić information content (AvgIpc) is 2.40. The van der Waals surface area contributed by atoms with Crippen molar-refractivity contribution in [3.8, 4) is 0 Å². The summed E-state index contributed by atoms with van der Waals surface area (Å²) in [6.45, 7) is 4.62. The van der Waals surface area contributed by atoms with Crippen LogP contribution in [0.15, 0.2) is 24.3 Å². The Bertz CT molecular complexity index is 550. The molecule has 1 aromatic carbocycles. The van der Waals surface area contributed by atoms with Crippen LogP contribution in [0.25, 0.3) is 0 Å². The van der Waals surface area contributed by atoms with Gasteiger partial charge in [0, 0.05) is 26.7 Å². The van der Waals surface area contributed by atoms with Crippen molar-refractivity contribution in [2.45, 2.75) is 20.4 Å². The van der Waals surface area contributed by atoms with Crippen molar-refractivity contribution in [2.75, 3.05) is 20.1 Å². The normalized spacial score (nSPS) is 12.1. The molecule has 112 valence electrons. The second kappa shape index (κ2) is 6.83. The lowest BCUT2D eigenvalue weighted by molar-refractivity contribution is 0.0697. The van der Waals surface area contributed by atoms with Crippen molar-refractivity contribution in [1.29, 1.82) is 0 Å².